The van der Waals surface area contributed by atoms with Crippen LogP contribution in [0.1, 0.15) is 20.7 Å². The number of nitro groups is 1. The lowest BCUT2D eigenvalue weighted by molar-refractivity contribution is -0.384. The zero-order chi connectivity index (χ0) is 21.5. The number of carbonyl (C=O) groups excluding carboxylic acids is 2. The standard InChI is InChI=1S/C21H16N4O4S/c26-19(14-10-12-16(13-11-14)25(28)29)24-21(30)23-18-9-5-4-8-17(18)20(27)22-15-6-2-1-3-7-15/h1-13H,(H,22,27)(H2,23,24,26,30). The highest BCUT2D eigenvalue weighted by Gasteiger charge is 2.14. The van der Waals surface area contributed by atoms with Crippen molar-refractivity contribution in [1.82, 2.24) is 5.32 Å². The van der Waals surface area contributed by atoms with E-state index in [-0.39, 0.29) is 22.3 Å². The van der Waals surface area contributed by atoms with Crippen LogP contribution in [0, 0.1) is 10.1 Å². The Morgan fingerprint density at radius 2 is 1.43 bits per heavy atom. The van der Waals surface area contributed by atoms with Gasteiger partial charge in [-0.3, -0.25) is 25.0 Å². The van der Waals surface area contributed by atoms with Crippen LogP contribution in [0.5, 0.6) is 0 Å². The van der Waals surface area contributed by atoms with Crippen LogP contribution in [0.25, 0.3) is 0 Å². The van der Waals surface area contributed by atoms with E-state index in [2.05, 4.69) is 16.0 Å². The van der Waals surface area contributed by atoms with E-state index < -0.39 is 10.8 Å². The fraction of sp³-hybridized carbons (Fsp3) is 0. The molecule has 150 valence electrons. The minimum Gasteiger partial charge on any atom is -0.332 e. The molecule has 0 saturated carbocycles. The van der Waals surface area contributed by atoms with E-state index in [0.717, 1.165) is 0 Å². The first-order valence-electron chi connectivity index (χ1n) is 8.76. The zero-order valence-electron chi connectivity index (χ0n) is 15.5. The van der Waals surface area contributed by atoms with Crippen molar-refractivity contribution < 1.29 is 14.5 Å². The third kappa shape index (κ3) is 5.24. The molecule has 8 nitrogen and oxygen atoms in total. The number of nitrogens with one attached hydrogen (secondary N) is 3. The Labute approximate surface area is 177 Å². The third-order valence-corrected chi connectivity index (χ3v) is 4.22. The number of thiocarbonyl (C=S) groups is 1. The maximum Gasteiger partial charge on any atom is 0.269 e. The molecule has 0 fully saturated rings. The summed E-state index contributed by atoms with van der Waals surface area (Å²) in [7, 11) is 0. The highest BCUT2D eigenvalue weighted by Crippen LogP contribution is 2.18. The summed E-state index contributed by atoms with van der Waals surface area (Å²) in [5.74, 6) is -0.873. The van der Waals surface area contributed by atoms with Gasteiger partial charge in [0.1, 0.15) is 0 Å². The molecule has 3 N–H and O–H groups in total. The van der Waals surface area contributed by atoms with Crippen LogP contribution in [0.4, 0.5) is 17.1 Å². The van der Waals surface area contributed by atoms with Gasteiger partial charge in [0.2, 0.25) is 0 Å². The van der Waals surface area contributed by atoms with Gasteiger partial charge in [-0.25, -0.2) is 0 Å². The van der Waals surface area contributed by atoms with Crippen molar-refractivity contribution in [1.29, 1.82) is 0 Å². The molecule has 0 aliphatic heterocycles. The first kappa shape index (κ1) is 20.6. The fourth-order valence-corrected chi connectivity index (χ4v) is 2.78. The van der Waals surface area contributed by atoms with Crippen LogP contribution >= 0.6 is 12.2 Å². The third-order valence-electron chi connectivity index (χ3n) is 4.02. The molecular formula is C21H16N4O4S. The average Bonchev–Trinajstić information content (AvgIpc) is 2.74. The van der Waals surface area contributed by atoms with Crippen LogP contribution in [0.3, 0.4) is 0 Å². The summed E-state index contributed by atoms with van der Waals surface area (Å²) in [6.07, 6.45) is 0. The number of para-hydroxylation sites is 2. The maximum atomic E-state index is 12.6. The molecule has 0 spiro atoms. The summed E-state index contributed by atoms with van der Waals surface area (Å²) in [6.45, 7) is 0. The molecule has 0 bridgehead atoms. The van der Waals surface area contributed by atoms with E-state index in [1.165, 1.54) is 24.3 Å². The van der Waals surface area contributed by atoms with Gasteiger partial charge in [0.25, 0.3) is 17.5 Å². The summed E-state index contributed by atoms with van der Waals surface area (Å²) < 4.78 is 0. The molecule has 2 amide bonds. The van der Waals surface area contributed by atoms with E-state index in [0.29, 0.717) is 16.9 Å². The smallest absolute Gasteiger partial charge is 0.269 e. The first-order chi connectivity index (χ1) is 14.4. The number of nitro benzene ring substituents is 1. The monoisotopic (exact) mass is 420 g/mol. The zero-order valence-corrected chi connectivity index (χ0v) is 16.3. The molecule has 30 heavy (non-hydrogen) atoms. The Morgan fingerprint density at radius 1 is 0.800 bits per heavy atom. The number of amides is 2. The molecule has 0 saturated heterocycles. The average molecular weight is 420 g/mol. The van der Waals surface area contributed by atoms with Crippen molar-refractivity contribution in [3.05, 3.63) is 100 Å². The minimum atomic E-state index is -0.550. The molecule has 0 unspecified atom stereocenters. The summed E-state index contributed by atoms with van der Waals surface area (Å²) in [4.78, 5) is 35.1. The molecule has 0 atom stereocenters. The lowest BCUT2D eigenvalue weighted by Crippen LogP contribution is -2.34. The number of nitrogens with zero attached hydrogens (tertiary/aromatic N) is 1. The Balaban J connectivity index is 1.67. The predicted molar refractivity (Wildman–Crippen MR) is 118 cm³/mol. The summed E-state index contributed by atoms with van der Waals surface area (Å²) in [6, 6.07) is 20.8. The normalized spacial score (nSPS) is 10.0. The summed E-state index contributed by atoms with van der Waals surface area (Å²) >= 11 is 5.17. The number of non-ortho nitro benzene ring substituents is 1. The van der Waals surface area contributed by atoms with Crippen molar-refractivity contribution in [2.24, 2.45) is 0 Å². The second-order valence-corrected chi connectivity index (χ2v) is 6.49. The number of hydrogen-bond donors (Lipinski definition) is 3. The Bertz CT molecular complexity index is 1100. The molecule has 0 aromatic heterocycles. The number of rotatable bonds is 5. The maximum absolute atomic E-state index is 12.6. The van der Waals surface area contributed by atoms with E-state index in [4.69, 9.17) is 12.2 Å². The van der Waals surface area contributed by atoms with Crippen molar-refractivity contribution in [2.75, 3.05) is 10.6 Å². The summed E-state index contributed by atoms with van der Waals surface area (Å²) in [5, 5.41) is 18.8. The second kappa shape index (κ2) is 9.39. The van der Waals surface area contributed by atoms with E-state index in [1.807, 2.05) is 18.2 Å². The van der Waals surface area contributed by atoms with Gasteiger partial charge in [0.05, 0.1) is 16.2 Å². The summed E-state index contributed by atoms with van der Waals surface area (Å²) in [5.41, 5.74) is 1.49. The number of hydrogen-bond acceptors (Lipinski definition) is 5. The molecular weight excluding hydrogens is 404 g/mol. The Hall–Kier alpha value is -4.11. The lowest BCUT2D eigenvalue weighted by Gasteiger charge is -2.13. The van der Waals surface area contributed by atoms with Crippen LogP contribution in [0.2, 0.25) is 0 Å². The molecule has 9 heteroatoms. The van der Waals surface area contributed by atoms with Gasteiger partial charge in [0.15, 0.2) is 5.11 Å². The van der Waals surface area contributed by atoms with E-state index in [9.17, 15) is 19.7 Å². The minimum absolute atomic E-state index is 0.0155. The van der Waals surface area contributed by atoms with Crippen LogP contribution < -0.4 is 16.0 Å². The van der Waals surface area contributed by atoms with Gasteiger partial charge in [-0.05, 0) is 48.6 Å². The van der Waals surface area contributed by atoms with E-state index in [1.54, 1.807) is 36.4 Å². The SMILES string of the molecule is O=C(NC(=S)Nc1ccccc1C(=O)Nc1ccccc1)c1ccc([N+](=O)[O-])cc1. The predicted octanol–water partition coefficient (Wildman–Crippen LogP) is 3.97. The van der Waals surface area contributed by atoms with Gasteiger partial charge in [0, 0.05) is 23.4 Å². The van der Waals surface area contributed by atoms with Gasteiger partial charge in [-0.15, -0.1) is 0 Å². The quantitative estimate of drug-likeness (QED) is 0.327. The molecule has 3 aromatic carbocycles. The molecule has 0 heterocycles. The first-order valence-corrected chi connectivity index (χ1v) is 9.17. The fourth-order valence-electron chi connectivity index (χ4n) is 2.57. The molecule has 3 rings (SSSR count). The van der Waals surface area contributed by atoms with E-state index >= 15 is 0 Å². The number of anilines is 2. The van der Waals surface area contributed by atoms with Gasteiger partial charge < -0.3 is 10.6 Å². The lowest BCUT2D eigenvalue weighted by atomic mass is 10.1. The van der Waals surface area contributed by atoms with Crippen molar-refractivity contribution in [3.63, 3.8) is 0 Å². The van der Waals surface area contributed by atoms with Gasteiger partial charge in [-0.2, -0.15) is 0 Å². The topological polar surface area (TPSA) is 113 Å². The Morgan fingerprint density at radius 3 is 2.10 bits per heavy atom. The van der Waals surface area contributed by atoms with Gasteiger partial charge in [-0.1, -0.05) is 30.3 Å². The number of carbonyl (C=O) groups is 2. The van der Waals surface area contributed by atoms with Crippen LogP contribution in [0.15, 0.2) is 78.9 Å². The molecule has 0 radical (unpaired) electrons. The largest absolute Gasteiger partial charge is 0.332 e. The molecule has 0 aliphatic carbocycles. The van der Waals surface area contributed by atoms with Crippen molar-refractivity contribution >= 4 is 46.2 Å². The highest BCUT2D eigenvalue weighted by molar-refractivity contribution is 7.80. The van der Waals surface area contributed by atoms with Crippen molar-refractivity contribution in [3.8, 4) is 0 Å². The van der Waals surface area contributed by atoms with Crippen molar-refractivity contribution in [2.45, 2.75) is 0 Å². The number of benzene rings is 3. The van der Waals surface area contributed by atoms with Crippen LogP contribution in [-0.4, -0.2) is 21.9 Å². The molecule has 3 aromatic rings. The second-order valence-electron chi connectivity index (χ2n) is 6.08. The molecule has 0 aliphatic rings. The highest BCUT2D eigenvalue weighted by atomic mass is 32.1. The Kier molecular flexibility index (Phi) is 6.46. The van der Waals surface area contributed by atoms with Crippen LogP contribution in [-0.2, 0) is 0 Å². The van der Waals surface area contributed by atoms with Gasteiger partial charge >= 0.3 is 0 Å².